The molecule has 27 heavy (non-hydrogen) atoms. The number of halogens is 1. The zero-order chi connectivity index (χ0) is 19.0. The van der Waals surface area contributed by atoms with Crippen molar-refractivity contribution in [3.63, 3.8) is 0 Å². The molecule has 4 rings (SSSR count). The second-order valence-electron chi connectivity index (χ2n) is 7.12. The van der Waals surface area contributed by atoms with E-state index in [1.165, 1.54) is 12.8 Å². The second kappa shape index (κ2) is 7.32. The average Bonchev–Trinajstić information content (AvgIpc) is 3.36. The van der Waals surface area contributed by atoms with Crippen LogP contribution in [0.1, 0.15) is 24.4 Å². The fourth-order valence-corrected chi connectivity index (χ4v) is 3.42. The van der Waals surface area contributed by atoms with Gasteiger partial charge in [0.05, 0.1) is 17.9 Å². The lowest BCUT2D eigenvalue weighted by molar-refractivity contribution is -0.160. The standard InChI is InChI=1S/C19H21ClN4O3/c1-23-16(25)11-27-18(17(23)13-4-6-14(20)7-5-13)19(26)22-15-8-21-24(10-15)9-12-2-3-12/h4-8,10,12,17-18H,2-3,9,11H2,1H3,(H,22,26). The van der Waals surface area contributed by atoms with Crippen LogP contribution in [0.3, 0.4) is 0 Å². The highest BCUT2D eigenvalue weighted by atomic mass is 35.5. The molecule has 2 aromatic rings. The normalized spacial score (nSPS) is 22.7. The Morgan fingerprint density at radius 2 is 2.07 bits per heavy atom. The van der Waals surface area contributed by atoms with Crippen molar-refractivity contribution in [1.29, 1.82) is 0 Å². The molecule has 2 unspecified atom stereocenters. The van der Waals surface area contributed by atoms with Gasteiger partial charge in [0, 0.05) is 24.8 Å². The fourth-order valence-electron chi connectivity index (χ4n) is 3.30. The Morgan fingerprint density at radius 3 is 2.78 bits per heavy atom. The van der Waals surface area contributed by atoms with Gasteiger partial charge in [0.25, 0.3) is 5.91 Å². The third kappa shape index (κ3) is 3.99. The zero-order valence-electron chi connectivity index (χ0n) is 15.0. The number of rotatable bonds is 5. The Kier molecular flexibility index (Phi) is 4.88. The minimum absolute atomic E-state index is 0.125. The first-order valence-electron chi connectivity index (χ1n) is 8.97. The summed E-state index contributed by atoms with van der Waals surface area (Å²) < 4.78 is 7.46. The molecule has 7 nitrogen and oxygen atoms in total. The molecule has 1 aromatic heterocycles. The van der Waals surface area contributed by atoms with E-state index in [1.54, 1.807) is 42.4 Å². The van der Waals surface area contributed by atoms with Gasteiger partial charge < -0.3 is 15.0 Å². The number of anilines is 1. The van der Waals surface area contributed by atoms with Gasteiger partial charge in [0.2, 0.25) is 5.91 Å². The number of likely N-dealkylation sites (N-methyl/N-ethyl adjacent to an activating group) is 1. The summed E-state index contributed by atoms with van der Waals surface area (Å²) in [5, 5.41) is 7.74. The summed E-state index contributed by atoms with van der Waals surface area (Å²) in [5.41, 5.74) is 1.41. The molecule has 2 fully saturated rings. The van der Waals surface area contributed by atoms with Crippen LogP contribution >= 0.6 is 11.6 Å². The van der Waals surface area contributed by atoms with E-state index in [9.17, 15) is 9.59 Å². The van der Waals surface area contributed by atoms with Gasteiger partial charge in [-0.25, -0.2) is 0 Å². The van der Waals surface area contributed by atoms with E-state index in [-0.39, 0.29) is 18.4 Å². The number of nitrogens with one attached hydrogen (secondary N) is 1. The number of aromatic nitrogens is 2. The lowest BCUT2D eigenvalue weighted by Gasteiger charge is -2.38. The molecule has 1 aliphatic carbocycles. The number of carbonyl (C=O) groups is 2. The summed E-state index contributed by atoms with van der Waals surface area (Å²) in [6, 6.07) is 6.56. The number of morpholine rings is 1. The summed E-state index contributed by atoms with van der Waals surface area (Å²) in [7, 11) is 1.68. The maximum absolute atomic E-state index is 12.9. The molecule has 1 N–H and O–H groups in total. The quantitative estimate of drug-likeness (QED) is 0.853. The van der Waals surface area contributed by atoms with E-state index >= 15 is 0 Å². The van der Waals surface area contributed by atoms with Crippen LogP contribution in [-0.4, -0.2) is 46.3 Å². The maximum atomic E-state index is 12.9. The molecule has 0 spiro atoms. The van der Waals surface area contributed by atoms with Gasteiger partial charge in [-0.15, -0.1) is 0 Å². The van der Waals surface area contributed by atoms with Gasteiger partial charge in [-0.1, -0.05) is 23.7 Å². The highest BCUT2D eigenvalue weighted by Crippen LogP contribution is 2.32. The van der Waals surface area contributed by atoms with Crippen LogP contribution in [0.15, 0.2) is 36.7 Å². The molecule has 0 bridgehead atoms. The zero-order valence-corrected chi connectivity index (χ0v) is 15.7. The largest absolute Gasteiger partial charge is 0.356 e. The monoisotopic (exact) mass is 388 g/mol. The molecule has 142 valence electrons. The summed E-state index contributed by atoms with van der Waals surface area (Å²) in [6.45, 7) is 0.750. The Morgan fingerprint density at radius 1 is 1.33 bits per heavy atom. The molecule has 2 aliphatic rings. The van der Waals surface area contributed by atoms with Gasteiger partial charge in [-0.3, -0.25) is 14.3 Å². The Hall–Kier alpha value is -2.38. The number of ether oxygens (including phenoxy) is 1. The van der Waals surface area contributed by atoms with E-state index < -0.39 is 12.1 Å². The van der Waals surface area contributed by atoms with Crippen molar-refractivity contribution < 1.29 is 14.3 Å². The molecular formula is C19H21ClN4O3. The van der Waals surface area contributed by atoms with E-state index in [1.807, 2.05) is 10.9 Å². The number of hydrogen-bond acceptors (Lipinski definition) is 4. The SMILES string of the molecule is CN1C(=O)COC(C(=O)Nc2cnn(CC3CC3)c2)C1c1ccc(Cl)cc1. The Balaban J connectivity index is 1.51. The first kappa shape index (κ1) is 18.0. The van der Waals surface area contributed by atoms with Crippen LogP contribution in [-0.2, 0) is 20.9 Å². The second-order valence-corrected chi connectivity index (χ2v) is 7.55. The van der Waals surface area contributed by atoms with Crippen molar-refractivity contribution in [2.45, 2.75) is 31.5 Å². The molecule has 2 amide bonds. The van der Waals surface area contributed by atoms with Gasteiger partial charge in [0.15, 0.2) is 6.10 Å². The molecule has 1 saturated carbocycles. The van der Waals surface area contributed by atoms with E-state index in [0.717, 1.165) is 12.1 Å². The average molecular weight is 389 g/mol. The van der Waals surface area contributed by atoms with Crippen LogP contribution in [0.5, 0.6) is 0 Å². The van der Waals surface area contributed by atoms with E-state index in [2.05, 4.69) is 10.4 Å². The minimum Gasteiger partial charge on any atom is -0.356 e. The van der Waals surface area contributed by atoms with Crippen LogP contribution in [0, 0.1) is 5.92 Å². The lowest BCUT2D eigenvalue weighted by atomic mass is 9.97. The van der Waals surface area contributed by atoms with Crippen molar-refractivity contribution >= 4 is 29.1 Å². The molecular weight excluding hydrogens is 368 g/mol. The lowest BCUT2D eigenvalue weighted by Crippen LogP contribution is -2.51. The van der Waals surface area contributed by atoms with Crippen LogP contribution in [0.4, 0.5) is 5.69 Å². The van der Waals surface area contributed by atoms with Crippen molar-refractivity contribution in [1.82, 2.24) is 14.7 Å². The Labute approximate surface area is 162 Å². The van der Waals surface area contributed by atoms with Crippen molar-refractivity contribution in [3.8, 4) is 0 Å². The van der Waals surface area contributed by atoms with Crippen molar-refractivity contribution in [2.24, 2.45) is 5.92 Å². The smallest absolute Gasteiger partial charge is 0.256 e. The van der Waals surface area contributed by atoms with Gasteiger partial charge >= 0.3 is 0 Å². The third-order valence-electron chi connectivity index (χ3n) is 5.00. The molecule has 0 radical (unpaired) electrons. The highest BCUT2D eigenvalue weighted by Gasteiger charge is 2.40. The first-order chi connectivity index (χ1) is 13.0. The van der Waals surface area contributed by atoms with Gasteiger partial charge in [0.1, 0.15) is 6.61 Å². The highest BCUT2D eigenvalue weighted by molar-refractivity contribution is 6.30. The van der Waals surface area contributed by atoms with Gasteiger partial charge in [-0.05, 0) is 36.5 Å². The summed E-state index contributed by atoms with van der Waals surface area (Å²) in [4.78, 5) is 26.5. The Bertz CT molecular complexity index is 847. The topological polar surface area (TPSA) is 76.5 Å². The predicted molar refractivity (Wildman–Crippen MR) is 100 cm³/mol. The number of nitrogens with zero attached hydrogens (tertiary/aromatic N) is 3. The molecule has 1 aliphatic heterocycles. The third-order valence-corrected chi connectivity index (χ3v) is 5.25. The van der Waals surface area contributed by atoms with Crippen LogP contribution in [0.2, 0.25) is 5.02 Å². The molecule has 2 atom stereocenters. The number of benzene rings is 1. The number of hydrogen-bond donors (Lipinski definition) is 1. The van der Waals surface area contributed by atoms with Crippen LogP contribution < -0.4 is 5.32 Å². The molecule has 8 heteroatoms. The molecule has 1 saturated heterocycles. The predicted octanol–water partition coefficient (Wildman–Crippen LogP) is 2.48. The number of carbonyl (C=O) groups excluding carboxylic acids is 2. The van der Waals surface area contributed by atoms with Crippen molar-refractivity contribution in [3.05, 3.63) is 47.2 Å². The van der Waals surface area contributed by atoms with Crippen LogP contribution in [0.25, 0.3) is 0 Å². The first-order valence-corrected chi connectivity index (χ1v) is 9.35. The summed E-state index contributed by atoms with van der Waals surface area (Å²) in [6.07, 6.45) is 5.11. The summed E-state index contributed by atoms with van der Waals surface area (Å²) in [5.74, 6) is 0.223. The molecule has 2 heterocycles. The minimum atomic E-state index is -0.819. The van der Waals surface area contributed by atoms with Crippen molar-refractivity contribution in [2.75, 3.05) is 19.0 Å². The molecule has 1 aromatic carbocycles. The summed E-state index contributed by atoms with van der Waals surface area (Å²) >= 11 is 5.96. The number of amides is 2. The maximum Gasteiger partial charge on any atom is 0.256 e. The van der Waals surface area contributed by atoms with E-state index in [4.69, 9.17) is 16.3 Å². The fraction of sp³-hybridized carbons (Fsp3) is 0.421. The van der Waals surface area contributed by atoms with Gasteiger partial charge in [-0.2, -0.15) is 5.10 Å². The van der Waals surface area contributed by atoms with E-state index in [0.29, 0.717) is 16.6 Å².